The Kier molecular flexibility index (Phi) is 6.38. The summed E-state index contributed by atoms with van der Waals surface area (Å²) in [4.78, 5) is 26.7. The van der Waals surface area contributed by atoms with Crippen LogP contribution in [0.3, 0.4) is 0 Å². The van der Waals surface area contributed by atoms with Crippen molar-refractivity contribution < 1.29 is 19.0 Å². The van der Waals surface area contributed by atoms with Crippen molar-refractivity contribution in [3.63, 3.8) is 0 Å². The molecule has 30 heavy (non-hydrogen) atoms. The van der Waals surface area contributed by atoms with Gasteiger partial charge in [0.2, 0.25) is 0 Å². The first-order valence-corrected chi connectivity index (χ1v) is 12.0. The number of hydrogen-bond acceptors (Lipinski definition) is 9. The molecule has 3 aromatic rings. The van der Waals surface area contributed by atoms with E-state index in [-0.39, 0.29) is 13.2 Å². The molecule has 1 fully saturated rings. The largest absolute Gasteiger partial charge is 0.376 e. The van der Waals surface area contributed by atoms with Gasteiger partial charge in [0.1, 0.15) is 5.01 Å². The van der Waals surface area contributed by atoms with Crippen LogP contribution in [-0.2, 0) is 15.5 Å². The van der Waals surface area contributed by atoms with Crippen LogP contribution in [0.4, 0.5) is 5.69 Å². The highest BCUT2D eigenvalue weighted by Gasteiger charge is 2.42. The van der Waals surface area contributed by atoms with E-state index < -0.39 is 13.8 Å². The molecular formula is C20H24N4O4PS. The summed E-state index contributed by atoms with van der Waals surface area (Å²) in [5.74, 6) is -1.26. The summed E-state index contributed by atoms with van der Waals surface area (Å²) >= 11 is 1.69. The maximum Gasteiger partial charge on any atom is 0.266 e. The van der Waals surface area contributed by atoms with Gasteiger partial charge in [-0.3, -0.25) is 9.97 Å². The maximum atomic E-state index is 10.4. The lowest BCUT2D eigenvalue weighted by Crippen LogP contribution is -2.21. The molecule has 0 bridgehead atoms. The lowest BCUT2D eigenvalue weighted by molar-refractivity contribution is 0.177. The standard InChI is InChI=1S/C20H24N4O4PS/c1-14-17(23-19(30-14)15-5-8-21-9-6-15)7-10-24(2)16-3-4-18(22-13-16)20(25)29(26)27-11-12-28-29/h3-6,8-9,13,20,25-26H,7,10-12H2,1-2H3. The van der Waals surface area contributed by atoms with Crippen molar-refractivity contribution in [1.29, 1.82) is 0 Å². The number of nitrogens with zero attached hydrogens (tertiary/aromatic N) is 4. The summed E-state index contributed by atoms with van der Waals surface area (Å²) < 4.78 is 10.4. The highest BCUT2D eigenvalue weighted by Crippen LogP contribution is 2.69. The van der Waals surface area contributed by atoms with E-state index in [0.29, 0.717) is 5.69 Å². The molecule has 0 spiro atoms. The molecule has 0 aliphatic carbocycles. The van der Waals surface area contributed by atoms with Crippen LogP contribution >= 0.6 is 19.3 Å². The summed E-state index contributed by atoms with van der Waals surface area (Å²) in [6.45, 7) is 3.42. The van der Waals surface area contributed by atoms with Crippen molar-refractivity contribution in [2.45, 2.75) is 19.2 Å². The molecule has 8 nitrogen and oxygen atoms in total. The molecule has 3 aromatic heterocycles. The molecule has 1 atom stereocenters. The van der Waals surface area contributed by atoms with E-state index in [1.54, 1.807) is 36.0 Å². The van der Waals surface area contributed by atoms with E-state index in [9.17, 15) is 10.00 Å². The Morgan fingerprint density at radius 3 is 2.60 bits per heavy atom. The van der Waals surface area contributed by atoms with Crippen molar-refractivity contribution in [2.24, 2.45) is 0 Å². The monoisotopic (exact) mass is 447 g/mol. The van der Waals surface area contributed by atoms with Crippen LogP contribution < -0.4 is 4.90 Å². The summed E-state index contributed by atoms with van der Waals surface area (Å²) in [5, 5.41) is 11.4. The molecule has 4 heterocycles. The number of aryl methyl sites for hydroxylation is 1. The van der Waals surface area contributed by atoms with Gasteiger partial charge in [0.25, 0.3) is 7.94 Å². The number of pyridine rings is 2. The smallest absolute Gasteiger partial charge is 0.266 e. The first-order valence-electron chi connectivity index (χ1n) is 9.59. The topological polar surface area (TPSA) is 101 Å². The molecule has 0 amide bonds. The quantitative estimate of drug-likeness (QED) is 0.532. The Bertz CT molecular complexity index is 980. The van der Waals surface area contributed by atoms with Crippen molar-refractivity contribution in [3.05, 3.63) is 59.1 Å². The second kappa shape index (κ2) is 9.01. The van der Waals surface area contributed by atoms with Gasteiger partial charge in [0.05, 0.1) is 36.5 Å². The molecule has 2 N–H and O–H groups in total. The summed E-state index contributed by atoms with van der Waals surface area (Å²) in [7, 11) is -1.30. The van der Waals surface area contributed by atoms with Crippen LogP contribution in [0.1, 0.15) is 22.1 Å². The van der Waals surface area contributed by atoms with Crippen molar-refractivity contribution in [3.8, 4) is 10.6 Å². The van der Waals surface area contributed by atoms with E-state index in [2.05, 4.69) is 21.8 Å². The van der Waals surface area contributed by atoms with Crippen molar-refractivity contribution >= 4 is 25.0 Å². The number of anilines is 1. The fourth-order valence-electron chi connectivity index (χ4n) is 3.14. The number of rotatable bonds is 7. The SMILES string of the molecule is Cc1sc(-c2ccncc2)nc1CCN(C)c1ccc(C(O)[P]2(O)OCCO2)nc1. The molecule has 1 aliphatic heterocycles. The van der Waals surface area contributed by atoms with E-state index >= 15 is 0 Å². The number of hydrogen-bond donors (Lipinski definition) is 2. The van der Waals surface area contributed by atoms with Gasteiger partial charge in [-0.2, -0.15) is 0 Å². The van der Waals surface area contributed by atoms with Gasteiger partial charge < -0.3 is 23.9 Å². The zero-order valence-corrected chi connectivity index (χ0v) is 18.5. The molecule has 4 rings (SSSR count). The summed E-state index contributed by atoms with van der Waals surface area (Å²) in [6.07, 6.45) is 6.04. The van der Waals surface area contributed by atoms with Crippen LogP contribution in [0.5, 0.6) is 0 Å². The first kappa shape index (κ1) is 21.2. The van der Waals surface area contributed by atoms with Crippen LogP contribution in [-0.4, -0.2) is 51.8 Å². The Balaban J connectivity index is 1.39. The van der Waals surface area contributed by atoms with E-state index in [1.807, 2.05) is 25.2 Å². The summed E-state index contributed by atoms with van der Waals surface area (Å²) in [6, 6.07) is 7.49. The lowest BCUT2D eigenvalue weighted by atomic mass is 10.2. The van der Waals surface area contributed by atoms with Crippen LogP contribution in [0.2, 0.25) is 0 Å². The lowest BCUT2D eigenvalue weighted by Gasteiger charge is -2.27. The van der Waals surface area contributed by atoms with Gasteiger partial charge in [-0.15, -0.1) is 11.3 Å². The van der Waals surface area contributed by atoms with Crippen molar-refractivity contribution in [2.75, 3.05) is 31.7 Å². The second-order valence-electron chi connectivity index (χ2n) is 6.97. The molecule has 159 valence electrons. The maximum absolute atomic E-state index is 10.4. The zero-order chi connectivity index (χ0) is 21.1. The third-order valence-corrected chi connectivity index (χ3v) is 7.97. The number of aromatic nitrogens is 3. The first-order chi connectivity index (χ1) is 14.5. The zero-order valence-electron chi connectivity index (χ0n) is 16.8. The third kappa shape index (κ3) is 4.51. The van der Waals surface area contributed by atoms with Gasteiger partial charge in [-0.05, 0) is 31.2 Å². The fourth-order valence-corrected chi connectivity index (χ4v) is 5.62. The average Bonchev–Trinajstić information content (AvgIpc) is 3.38. The molecule has 1 aliphatic rings. The van der Waals surface area contributed by atoms with Crippen LogP contribution in [0, 0.1) is 6.92 Å². The second-order valence-corrected chi connectivity index (χ2v) is 10.3. The van der Waals surface area contributed by atoms with Crippen molar-refractivity contribution in [1.82, 2.24) is 15.0 Å². The highest BCUT2D eigenvalue weighted by molar-refractivity contribution is 7.60. The number of thiazole rings is 1. The Hall–Kier alpha value is -2.00. The number of aliphatic hydroxyl groups is 1. The Labute approximate surface area is 179 Å². The Morgan fingerprint density at radius 1 is 1.20 bits per heavy atom. The predicted molar refractivity (Wildman–Crippen MR) is 117 cm³/mol. The average molecular weight is 447 g/mol. The number of likely N-dealkylation sites (N-methyl/N-ethyl adjacent to an activating group) is 1. The summed E-state index contributed by atoms with van der Waals surface area (Å²) in [5.41, 5.74) is 3.41. The van der Waals surface area contributed by atoms with Gasteiger partial charge in [-0.1, -0.05) is 0 Å². The van der Waals surface area contributed by atoms with Crippen LogP contribution in [0.15, 0.2) is 42.9 Å². The highest BCUT2D eigenvalue weighted by atomic mass is 32.1. The molecule has 10 heteroatoms. The number of aliphatic hydroxyl groups excluding tert-OH is 1. The van der Waals surface area contributed by atoms with E-state index in [0.717, 1.165) is 34.9 Å². The minimum Gasteiger partial charge on any atom is -0.376 e. The molecule has 1 radical (unpaired) electrons. The minimum atomic E-state index is -3.28. The van der Waals surface area contributed by atoms with Gasteiger partial charge >= 0.3 is 0 Å². The third-order valence-electron chi connectivity index (χ3n) is 4.92. The van der Waals surface area contributed by atoms with Gasteiger partial charge in [0, 0.05) is 42.8 Å². The Morgan fingerprint density at radius 2 is 1.93 bits per heavy atom. The normalized spacial score (nSPS) is 16.5. The predicted octanol–water partition coefficient (Wildman–Crippen LogP) is 3.38. The van der Waals surface area contributed by atoms with Crippen LogP contribution in [0.25, 0.3) is 10.6 Å². The van der Waals surface area contributed by atoms with E-state index in [1.165, 1.54) is 4.88 Å². The molecule has 1 saturated heterocycles. The van der Waals surface area contributed by atoms with Gasteiger partial charge in [-0.25, -0.2) is 4.98 Å². The molecular weight excluding hydrogens is 423 g/mol. The molecule has 0 aromatic carbocycles. The fraction of sp³-hybridized carbons (Fsp3) is 0.350. The molecule has 1 unspecified atom stereocenters. The van der Waals surface area contributed by atoms with Gasteiger partial charge in [0.15, 0.2) is 5.85 Å². The molecule has 0 saturated carbocycles. The van der Waals surface area contributed by atoms with E-state index in [4.69, 9.17) is 14.0 Å². The minimum absolute atomic E-state index is 0.279.